The molecule has 2 unspecified atom stereocenters. The molecule has 11 nitrogen and oxygen atoms in total. The average Bonchev–Trinajstić information content (AvgIpc) is 3.20. The number of phenolic OH excluding ortho intramolecular Hbond substituents is 1. The first-order valence-electron chi connectivity index (χ1n) is 12.1. The summed E-state index contributed by atoms with van der Waals surface area (Å²) in [7, 11) is 1.99. The van der Waals surface area contributed by atoms with Gasteiger partial charge in [0.25, 0.3) is 0 Å². The van der Waals surface area contributed by atoms with Crippen molar-refractivity contribution in [2.45, 2.75) is 74.7 Å². The number of carboxylic acids is 1. The molecule has 214 valence electrons. The zero-order valence-corrected chi connectivity index (χ0v) is 21.2. The number of carbonyl (C=O) groups is 3. The Hall–Kier alpha value is -3.36. The summed E-state index contributed by atoms with van der Waals surface area (Å²) in [5, 5.41) is 39.0. The van der Waals surface area contributed by atoms with Crippen LogP contribution in [0.3, 0.4) is 0 Å². The number of aliphatic hydroxyl groups is 2. The Bertz CT molecular complexity index is 1230. The van der Waals surface area contributed by atoms with Crippen molar-refractivity contribution in [1.82, 2.24) is 4.90 Å². The number of esters is 2. The van der Waals surface area contributed by atoms with Gasteiger partial charge in [-0.2, -0.15) is 13.2 Å². The van der Waals surface area contributed by atoms with Gasteiger partial charge in [0, 0.05) is 18.0 Å². The Balaban J connectivity index is 0.000000448. The van der Waals surface area contributed by atoms with E-state index in [9.17, 15) is 38.1 Å². The fraction of sp³-hybridized carbons (Fsp3) is 0.560. The number of rotatable bonds is 4. The number of carboxylic acid groups (broad SMARTS) is 1. The van der Waals surface area contributed by atoms with Gasteiger partial charge < -0.3 is 39.5 Å². The summed E-state index contributed by atoms with van der Waals surface area (Å²) in [4.78, 5) is 35.3. The number of hydrogen-bond donors (Lipinski definition) is 4. The fourth-order valence-corrected chi connectivity index (χ4v) is 5.96. The van der Waals surface area contributed by atoms with Crippen molar-refractivity contribution in [3.05, 3.63) is 35.1 Å². The number of likely N-dealkylation sites (N-methyl/N-ethyl adjacent to an activating group) is 1. The van der Waals surface area contributed by atoms with E-state index in [1.54, 1.807) is 12.1 Å². The molecule has 4 N–H and O–H groups in total. The molecule has 1 fully saturated rings. The lowest BCUT2D eigenvalue weighted by Crippen LogP contribution is -2.74. The van der Waals surface area contributed by atoms with E-state index in [4.69, 9.17) is 24.1 Å². The third-order valence-corrected chi connectivity index (χ3v) is 7.78. The molecule has 2 aliphatic carbocycles. The van der Waals surface area contributed by atoms with Crippen LogP contribution >= 0.6 is 0 Å². The number of aliphatic carboxylic acids is 1. The van der Waals surface area contributed by atoms with Crippen LogP contribution in [0, 0.1) is 0 Å². The molecule has 0 amide bonds. The molecule has 1 aromatic rings. The van der Waals surface area contributed by atoms with Crippen molar-refractivity contribution >= 4 is 17.9 Å². The number of aliphatic hydroxyl groups excluding tert-OH is 1. The number of nitrogens with zero attached hydrogens (tertiary/aromatic N) is 1. The number of halogens is 3. The highest BCUT2D eigenvalue weighted by Gasteiger charge is 2.72. The second-order valence-corrected chi connectivity index (χ2v) is 10.1. The van der Waals surface area contributed by atoms with E-state index in [0.29, 0.717) is 25.1 Å². The van der Waals surface area contributed by atoms with E-state index in [2.05, 4.69) is 4.90 Å². The molecule has 0 saturated carbocycles. The zero-order chi connectivity index (χ0) is 29.1. The number of carbonyl (C=O) groups excluding carboxylic acids is 2. The number of ether oxygens (including phenoxy) is 3. The lowest BCUT2D eigenvalue weighted by Gasteiger charge is -2.61. The van der Waals surface area contributed by atoms with Crippen molar-refractivity contribution in [3.63, 3.8) is 0 Å². The van der Waals surface area contributed by atoms with Gasteiger partial charge in [-0.15, -0.1) is 0 Å². The molecule has 1 aromatic carbocycles. The van der Waals surface area contributed by atoms with Gasteiger partial charge in [-0.05, 0) is 58.0 Å². The third-order valence-electron chi connectivity index (χ3n) is 7.78. The molecule has 2 bridgehead atoms. The van der Waals surface area contributed by atoms with Gasteiger partial charge in [-0.3, -0.25) is 0 Å². The molecular weight excluding hydrogens is 531 g/mol. The Morgan fingerprint density at radius 2 is 1.85 bits per heavy atom. The van der Waals surface area contributed by atoms with Gasteiger partial charge in [0.15, 0.2) is 23.7 Å². The summed E-state index contributed by atoms with van der Waals surface area (Å²) in [6, 6.07) is 3.31. The first kappa shape index (κ1) is 28.6. The minimum Gasteiger partial charge on any atom is -0.504 e. The SMILES string of the molecule is CC(O)C(=O)OC(C)C(=O)OC1=CC[C@@]2(O)[C@H]3Cc4ccc(O)c5c4[C@@]2(CCN3C)[C@H]1O5.O=C(O)C(F)(F)F. The standard InChI is InChI=1S/C23H27NO8.C2HF3O2/c1-11(25)20(27)30-12(2)21(28)31-15-6-7-23(29)16-10-13-4-5-14(26)18-17(13)22(23,19(15)32-18)8-9-24(16)3;3-2(4,5)1(6)7/h4-6,11-12,16,19,25-26,29H,7-10H2,1-3H3;(H,6,7)/t11?,12?,16-,19+,22+,23-;/m1./s1. The van der Waals surface area contributed by atoms with Crippen LogP contribution < -0.4 is 4.74 Å². The van der Waals surface area contributed by atoms with Crippen LogP contribution in [-0.2, 0) is 35.7 Å². The smallest absolute Gasteiger partial charge is 0.490 e. The number of piperidine rings is 1. The fourth-order valence-electron chi connectivity index (χ4n) is 5.96. The van der Waals surface area contributed by atoms with Crippen LogP contribution in [0.5, 0.6) is 11.5 Å². The lowest BCUT2D eigenvalue weighted by atomic mass is 9.50. The van der Waals surface area contributed by atoms with Crippen LogP contribution in [0.2, 0.25) is 0 Å². The Morgan fingerprint density at radius 3 is 2.44 bits per heavy atom. The van der Waals surface area contributed by atoms with Crippen LogP contribution in [0.15, 0.2) is 24.0 Å². The van der Waals surface area contributed by atoms with Crippen molar-refractivity contribution < 1.29 is 62.2 Å². The summed E-state index contributed by atoms with van der Waals surface area (Å²) >= 11 is 0. The molecule has 2 aliphatic heterocycles. The molecule has 2 heterocycles. The summed E-state index contributed by atoms with van der Waals surface area (Å²) in [5.41, 5.74) is -0.217. The zero-order valence-electron chi connectivity index (χ0n) is 21.2. The highest BCUT2D eigenvalue weighted by molar-refractivity contribution is 5.81. The molecule has 0 radical (unpaired) electrons. The maximum Gasteiger partial charge on any atom is 0.490 e. The number of likely N-dealkylation sites (tertiary alicyclic amines) is 1. The Labute approximate surface area is 220 Å². The average molecular weight is 559 g/mol. The largest absolute Gasteiger partial charge is 0.504 e. The maximum atomic E-state index is 12.7. The molecule has 1 spiro atoms. The van der Waals surface area contributed by atoms with Crippen molar-refractivity contribution in [2.24, 2.45) is 0 Å². The van der Waals surface area contributed by atoms with E-state index in [1.807, 2.05) is 13.1 Å². The molecule has 14 heteroatoms. The van der Waals surface area contributed by atoms with E-state index < -0.39 is 53.4 Å². The first-order chi connectivity index (χ1) is 18.0. The van der Waals surface area contributed by atoms with E-state index >= 15 is 0 Å². The normalized spacial score (nSPS) is 29.9. The lowest BCUT2D eigenvalue weighted by molar-refractivity contribution is -0.192. The van der Waals surface area contributed by atoms with Crippen molar-refractivity contribution in [2.75, 3.05) is 13.6 Å². The molecule has 6 atom stereocenters. The monoisotopic (exact) mass is 559 g/mol. The number of phenols is 1. The third kappa shape index (κ3) is 4.49. The van der Waals surface area contributed by atoms with E-state index in [0.717, 1.165) is 11.1 Å². The second-order valence-electron chi connectivity index (χ2n) is 10.1. The molecule has 39 heavy (non-hydrogen) atoms. The Kier molecular flexibility index (Phi) is 7.11. The van der Waals surface area contributed by atoms with Gasteiger partial charge in [0.05, 0.1) is 11.0 Å². The molecular formula is C25H28F3NO10. The van der Waals surface area contributed by atoms with Crippen molar-refractivity contribution in [1.29, 1.82) is 0 Å². The topological polar surface area (TPSA) is 163 Å². The number of hydrogen-bond acceptors (Lipinski definition) is 10. The van der Waals surface area contributed by atoms with Crippen LogP contribution in [0.4, 0.5) is 13.2 Å². The number of benzene rings is 1. The van der Waals surface area contributed by atoms with Gasteiger partial charge in [0.2, 0.25) is 0 Å². The van der Waals surface area contributed by atoms with Gasteiger partial charge in [0.1, 0.15) is 11.9 Å². The summed E-state index contributed by atoms with van der Waals surface area (Å²) in [5.74, 6) is -3.96. The van der Waals surface area contributed by atoms with Crippen LogP contribution in [0.1, 0.15) is 37.8 Å². The van der Waals surface area contributed by atoms with Gasteiger partial charge >= 0.3 is 24.1 Å². The van der Waals surface area contributed by atoms with Crippen LogP contribution in [-0.4, -0.2) is 93.0 Å². The van der Waals surface area contributed by atoms with E-state index in [-0.39, 0.29) is 24.0 Å². The highest BCUT2D eigenvalue weighted by Crippen LogP contribution is 2.65. The summed E-state index contributed by atoms with van der Waals surface area (Å²) in [6.45, 7) is 3.32. The summed E-state index contributed by atoms with van der Waals surface area (Å²) in [6.07, 6.45) is -5.38. The van der Waals surface area contributed by atoms with E-state index in [1.165, 1.54) is 13.8 Å². The quantitative estimate of drug-likeness (QED) is 0.392. The first-order valence-corrected chi connectivity index (χ1v) is 12.1. The molecule has 1 saturated heterocycles. The van der Waals surface area contributed by atoms with Crippen LogP contribution in [0.25, 0.3) is 0 Å². The van der Waals surface area contributed by atoms with Gasteiger partial charge in [-0.25, -0.2) is 14.4 Å². The minimum absolute atomic E-state index is 0.0165. The summed E-state index contributed by atoms with van der Waals surface area (Å²) < 4.78 is 48.5. The van der Waals surface area contributed by atoms with Crippen molar-refractivity contribution in [3.8, 4) is 11.5 Å². The maximum absolute atomic E-state index is 12.7. The second kappa shape index (κ2) is 9.68. The molecule has 5 rings (SSSR count). The number of alkyl halides is 3. The predicted octanol–water partition coefficient (Wildman–Crippen LogP) is 1.16. The Morgan fingerprint density at radius 1 is 1.21 bits per heavy atom. The molecule has 4 aliphatic rings. The highest BCUT2D eigenvalue weighted by atomic mass is 19.4. The molecule has 0 aromatic heterocycles. The predicted molar refractivity (Wildman–Crippen MR) is 124 cm³/mol. The minimum atomic E-state index is -5.08. The number of aromatic hydroxyl groups is 1. The van der Waals surface area contributed by atoms with Gasteiger partial charge in [-0.1, -0.05) is 6.07 Å².